The average molecular weight is 362 g/mol. The minimum absolute atomic E-state index is 0.239. The highest BCUT2D eigenvalue weighted by molar-refractivity contribution is 9.10. The van der Waals surface area contributed by atoms with E-state index in [0.717, 1.165) is 4.47 Å². The van der Waals surface area contributed by atoms with Gasteiger partial charge in [-0.2, -0.15) is 0 Å². The zero-order chi connectivity index (χ0) is 15.5. The molecule has 0 radical (unpaired) electrons. The Bertz CT molecular complexity index is 526. The van der Waals surface area contributed by atoms with E-state index in [1.807, 2.05) is 20.8 Å². The molecule has 0 aliphatic heterocycles. The summed E-state index contributed by atoms with van der Waals surface area (Å²) in [5.41, 5.74) is -0.0137. The molecule has 0 saturated carbocycles. The van der Waals surface area contributed by atoms with Crippen LogP contribution in [0.5, 0.6) is 0 Å². The lowest BCUT2D eigenvalue weighted by molar-refractivity contribution is -0.124. The van der Waals surface area contributed by atoms with Crippen LogP contribution in [0, 0.1) is 0 Å². The number of rotatable bonds is 3. The number of benzene rings is 1. The Morgan fingerprint density at radius 3 is 2.45 bits per heavy atom. The number of nitrogens with one attached hydrogen (secondary N) is 2. The molecule has 1 aromatic carbocycles. The standard InChI is InChI=1S/C14H18BrClN2O2/c1-8(12(19)18-14(2,3)4)17-13(20)10-7-9(15)5-6-11(10)16/h5-8H,1-4H3,(H,17,20)(H,18,19). The van der Waals surface area contributed by atoms with E-state index < -0.39 is 6.04 Å². The van der Waals surface area contributed by atoms with Gasteiger partial charge in [0.25, 0.3) is 5.91 Å². The predicted octanol–water partition coefficient (Wildman–Crippen LogP) is 3.14. The molecule has 1 aromatic rings. The number of amides is 2. The van der Waals surface area contributed by atoms with Crippen LogP contribution in [0.4, 0.5) is 0 Å². The molecule has 1 atom stereocenters. The third kappa shape index (κ3) is 5.13. The first-order valence-electron chi connectivity index (χ1n) is 6.18. The smallest absolute Gasteiger partial charge is 0.253 e. The zero-order valence-corrected chi connectivity index (χ0v) is 14.2. The van der Waals surface area contributed by atoms with E-state index in [0.29, 0.717) is 10.6 Å². The van der Waals surface area contributed by atoms with E-state index >= 15 is 0 Å². The second kappa shape index (κ2) is 6.59. The summed E-state index contributed by atoms with van der Waals surface area (Å²) in [6, 6.07) is 4.35. The van der Waals surface area contributed by atoms with Crippen molar-refractivity contribution in [3.05, 3.63) is 33.3 Å². The lowest BCUT2D eigenvalue weighted by atomic mass is 10.1. The van der Waals surface area contributed by atoms with Crippen molar-refractivity contribution in [1.82, 2.24) is 10.6 Å². The Morgan fingerprint density at radius 2 is 1.90 bits per heavy atom. The Kier molecular flexibility index (Phi) is 5.59. The topological polar surface area (TPSA) is 58.2 Å². The molecule has 0 fully saturated rings. The van der Waals surface area contributed by atoms with Crippen LogP contribution in [0.15, 0.2) is 22.7 Å². The second-order valence-corrected chi connectivity index (χ2v) is 6.88. The van der Waals surface area contributed by atoms with Gasteiger partial charge in [-0.05, 0) is 45.9 Å². The predicted molar refractivity (Wildman–Crippen MR) is 84.0 cm³/mol. The van der Waals surface area contributed by atoms with E-state index in [2.05, 4.69) is 26.6 Å². The largest absolute Gasteiger partial charge is 0.350 e. The normalized spacial score (nSPS) is 12.7. The summed E-state index contributed by atoms with van der Waals surface area (Å²) in [6.45, 7) is 7.27. The van der Waals surface area contributed by atoms with Gasteiger partial charge in [0.05, 0.1) is 10.6 Å². The highest BCUT2D eigenvalue weighted by Gasteiger charge is 2.22. The minimum atomic E-state index is -0.642. The van der Waals surface area contributed by atoms with Crippen LogP contribution in [0.2, 0.25) is 5.02 Å². The SMILES string of the molecule is CC(NC(=O)c1cc(Br)ccc1Cl)C(=O)NC(C)(C)C. The first kappa shape index (κ1) is 17.0. The van der Waals surface area contributed by atoms with Gasteiger partial charge in [0.2, 0.25) is 5.91 Å². The molecule has 4 nitrogen and oxygen atoms in total. The van der Waals surface area contributed by atoms with Gasteiger partial charge in [-0.15, -0.1) is 0 Å². The molecule has 0 aliphatic carbocycles. The maximum absolute atomic E-state index is 12.1. The highest BCUT2D eigenvalue weighted by Crippen LogP contribution is 2.20. The van der Waals surface area contributed by atoms with E-state index in [4.69, 9.17) is 11.6 Å². The molecule has 2 amide bonds. The van der Waals surface area contributed by atoms with Gasteiger partial charge < -0.3 is 10.6 Å². The minimum Gasteiger partial charge on any atom is -0.350 e. The van der Waals surface area contributed by atoms with E-state index in [1.54, 1.807) is 25.1 Å². The number of hydrogen-bond donors (Lipinski definition) is 2. The lowest BCUT2D eigenvalue weighted by Gasteiger charge is -2.23. The van der Waals surface area contributed by atoms with Crippen molar-refractivity contribution in [2.75, 3.05) is 0 Å². The van der Waals surface area contributed by atoms with Crippen molar-refractivity contribution in [2.24, 2.45) is 0 Å². The van der Waals surface area contributed by atoms with Gasteiger partial charge in [0, 0.05) is 10.0 Å². The van der Waals surface area contributed by atoms with Crippen molar-refractivity contribution < 1.29 is 9.59 Å². The molecule has 0 aliphatic rings. The average Bonchev–Trinajstić information content (AvgIpc) is 2.29. The van der Waals surface area contributed by atoms with Crippen molar-refractivity contribution in [3.8, 4) is 0 Å². The molecule has 6 heteroatoms. The van der Waals surface area contributed by atoms with Gasteiger partial charge in [-0.1, -0.05) is 27.5 Å². The number of carbonyl (C=O) groups is 2. The van der Waals surface area contributed by atoms with E-state index in [9.17, 15) is 9.59 Å². The molecule has 2 N–H and O–H groups in total. The van der Waals surface area contributed by atoms with Crippen molar-refractivity contribution in [3.63, 3.8) is 0 Å². The maximum atomic E-state index is 12.1. The van der Waals surface area contributed by atoms with Crippen LogP contribution in [0.25, 0.3) is 0 Å². The summed E-state index contributed by atoms with van der Waals surface area (Å²) < 4.78 is 0.749. The highest BCUT2D eigenvalue weighted by atomic mass is 79.9. The van der Waals surface area contributed by atoms with Crippen molar-refractivity contribution in [1.29, 1.82) is 0 Å². The number of carbonyl (C=O) groups excluding carboxylic acids is 2. The molecule has 110 valence electrons. The van der Waals surface area contributed by atoms with E-state index in [1.165, 1.54) is 0 Å². The fraction of sp³-hybridized carbons (Fsp3) is 0.429. The maximum Gasteiger partial charge on any atom is 0.253 e. The van der Waals surface area contributed by atoms with Gasteiger partial charge in [0.15, 0.2) is 0 Å². The van der Waals surface area contributed by atoms with Gasteiger partial charge in [-0.25, -0.2) is 0 Å². The molecule has 20 heavy (non-hydrogen) atoms. The number of halogens is 2. The summed E-state index contributed by atoms with van der Waals surface area (Å²) in [5, 5.41) is 5.78. The molecular weight excluding hydrogens is 344 g/mol. The Morgan fingerprint density at radius 1 is 1.30 bits per heavy atom. The molecule has 1 unspecified atom stereocenters. The quantitative estimate of drug-likeness (QED) is 0.869. The van der Waals surface area contributed by atoms with Crippen LogP contribution in [0.3, 0.4) is 0 Å². The van der Waals surface area contributed by atoms with Crippen LogP contribution < -0.4 is 10.6 Å². The molecule has 0 saturated heterocycles. The monoisotopic (exact) mass is 360 g/mol. The molecule has 1 rings (SSSR count). The van der Waals surface area contributed by atoms with Crippen LogP contribution in [-0.2, 0) is 4.79 Å². The fourth-order valence-electron chi connectivity index (χ4n) is 1.49. The zero-order valence-electron chi connectivity index (χ0n) is 11.9. The third-order valence-electron chi connectivity index (χ3n) is 2.41. The van der Waals surface area contributed by atoms with Crippen LogP contribution in [-0.4, -0.2) is 23.4 Å². The lowest BCUT2D eigenvalue weighted by Crippen LogP contribution is -2.50. The van der Waals surface area contributed by atoms with Crippen molar-refractivity contribution in [2.45, 2.75) is 39.3 Å². The molecule has 0 aromatic heterocycles. The summed E-state index contributed by atoms with van der Waals surface area (Å²) in [4.78, 5) is 24.0. The molecule has 0 heterocycles. The van der Waals surface area contributed by atoms with E-state index in [-0.39, 0.29) is 17.4 Å². The molecule has 0 spiro atoms. The van der Waals surface area contributed by atoms with Gasteiger partial charge in [0.1, 0.15) is 6.04 Å². The summed E-state index contributed by atoms with van der Waals surface area (Å²) in [5.74, 6) is -0.621. The molecular formula is C14H18BrClN2O2. The van der Waals surface area contributed by atoms with Gasteiger partial charge in [-0.3, -0.25) is 9.59 Å². The van der Waals surface area contributed by atoms with Gasteiger partial charge >= 0.3 is 0 Å². The summed E-state index contributed by atoms with van der Waals surface area (Å²) in [6.07, 6.45) is 0. The fourth-order valence-corrected chi connectivity index (χ4v) is 2.05. The Labute approximate surface area is 132 Å². The van der Waals surface area contributed by atoms with Crippen molar-refractivity contribution >= 4 is 39.3 Å². The van der Waals surface area contributed by atoms with Crippen LogP contribution >= 0.6 is 27.5 Å². The summed E-state index contributed by atoms with van der Waals surface area (Å²) in [7, 11) is 0. The Balaban J connectivity index is 2.75. The first-order valence-corrected chi connectivity index (χ1v) is 7.35. The van der Waals surface area contributed by atoms with Crippen LogP contribution in [0.1, 0.15) is 38.1 Å². The molecule has 0 bridgehead atoms. The third-order valence-corrected chi connectivity index (χ3v) is 3.23. The summed E-state index contributed by atoms with van der Waals surface area (Å²) >= 11 is 9.26. The Hall–Kier alpha value is -1.07. The second-order valence-electron chi connectivity index (χ2n) is 5.56. The first-order chi connectivity index (χ1) is 9.10. The number of hydrogen-bond acceptors (Lipinski definition) is 2.